The second-order valence-electron chi connectivity index (χ2n) is 3.23. The zero-order valence-electron chi connectivity index (χ0n) is 8.48. The lowest BCUT2D eigenvalue weighted by atomic mass is 10.5. The van der Waals surface area contributed by atoms with Crippen LogP contribution in [0, 0.1) is 6.92 Å². The molecule has 0 radical (unpaired) electrons. The van der Waals surface area contributed by atoms with Gasteiger partial charge in [0, 0.05) is 12.3 Å². The molecule has 2 aromatic heterocycles. The second kappa shape index (κ2) is 4.36. The molecule has 0 atom stereocenters. The Morgan fingerprint density at radius 2 is 2.50 bits per heavy atom. The van der Waals surface area contributed by atoms with Crippen LogP contribution in [-0.2, 0) is 11.3 Å². The molecule has 0 aliphatic carbocycles. The van der Waals surface area contributed by atoms with Gasteiger partial charge in [-0.3, -0.25) is 9.48 Å². The van der Waals surface area contributed by atoms with Gasteiger partial charge in [0.2, 0.25) is 5.91 Å². The highest BCUT2D eigenvalue weighted by atomic mass is 35.5. The SMILES string of the molecule is Cc1cc(NC(=O)Cn2cc(Cl)cn2)no1. The Morgan fingerprint density at radius 1 is 1.69 bits per heavy atom. The fourth-order valence-corrected chi connectivity index (χ4v) is 1.34. The lowest BCUT2D eigenvalue weighted by molar-refractivity contribution is -0.116. The molecule has 0 unspecified atom stereocenters. The molecule has 2 aromatic rings. The van der Waals surface area contributed by atoms with Crippen LogP contribution < -0.4 is 5.32 Å². The number of nitrogens with zero attached hydrogens (tertiary/aromatic N) is 3. The van der Waals surface area contributed by atoms with Crippen molar-refractivity contribution in [3.8, 4) is 0 Å². The van der Waals surface area contributed by atoms with E-state index in [1.165, 1.54) is 10.9 Å². The number of carbonyl (C=O) groups excluding carboxylic acids is 1. The van der Waals surface area contributed by atoms with Gasteiger partial charge < -0.3 is 9.84 Å². The Bertz CT molecular complexity index is 461. The molecule has 2 rings (SSSR count). The van der Waals surface area contributed by atoms with E-state index in [1.807, 2.05) is 0 Å². The van der Waals surface area contributed by atoms with Gasteiger partial charge in [0.25, 0.3) is 0 Å². The Labute approximate surface area is 96.2 Å². The molecule has 2 heterocycles. The molecule has 16 heavy (non-hydrogen) atoms. The van der Waals surface area contributed by atoms with Gasteiger partial charge in [-0.2, -0.15) is 5.10 Å². The van der Waals surface area contributed by atoms with E-state index >= 15 is 0 Å². The van der Waals surface area contributed by atoms with Crippen LogP contribution in [0.2, 0.25) is 5.02 Å². The highest BCUT2D eigenvalue weighted by Gasteiger charge is 2.07. The zero-order valence-corrected chi connectivity index (χ0v) is 9.23. The van der Waals surface area contributed by atoms with Crippen molar-refractivity contribution in [2.75, 3.05) is 5.32 Å². The normalized spacial score (nSPS) is 10.4. The number of aryl methyl sites for hydroxylation is 1. The van der Waals surface area contributed by atoms with E-state index < -0.39 is 0 Å². The van der Waals surface area contributed by atoms with Gasteiger partial charge >= 0.3 is 0 Å². The summed E-state index contributed by atoms with van der Waals surface area (Å²) in [6.45, 7) is 1.83. The molecule has 6 nitrogen and oxygen atoms in total. The highest BCUT2D eigenvalue weighted by molar-refractivity contribution is 6.30. The molecular weight excluding hydrogens is 232 g/mol. The minimum Gasteiger partial charge on any atom is -0.360 e. The number of rotatable bonds is 3. The van der Waals surface area contributed by atoms with Crippen LogP contribution in [0.25, 0.3) is 0 Å². The van der Waals surface area contributed by atoms with Crippen LogP contribution in [-0.4, -0.2) is 20.8 Å². The summed E-state index contributed by atoms with van der Waals surface area (Å²) >= 11 is 5.66. The fraction of sp³-hybridized carbons (Fsp3) is 0.222. The van der Waals surface area contributed by atoms with Gasteiger partial charge in [-0.1, -0.05) is 16.8 Å². The lowest BCUT2D eigenvalue weighted by Crippen LogP contribution is -2.19. The minimum atomic E-state index is -0.243. The zero-order chi connectivity index (χ0) is 11.5. The summed E-state index contributed by atoms with van der Waals surface area (Å²) < 4.78 is 6.25. The van der Waals surface area contributed by atoms with Crippen LogP contribution in [0.1, 0.15) is 5.76 Å². The van der Waals surface area contributed by atoms with E-state index in [0.29, 0.717) is 16.6 Å². The minimum absolute atomic E-state index is 0.0820. The lowest BCUT2D eigenvalue weighted by Gasteiger charge is -2.00. The maximum Gasteiger partial charge on any atom is 0.247 e. The molecule has 0 aliphatic heterocycles. The summed E-state index contributed by atoms with van der Waals surface area (Å²) in [5.41, 5.74) is 0. The molecule has 0 bridgehead atoms. The van der Waals surface area contributed by atoms with Gasteiger partial charge in [-0.25, -0.2) is 0 Å². The van der Waals surface area contributed by atoms with Crippen LogP contribution >= 0.6 is 11.6 Å². The van der Waals surface area contributed by atoms with Crippen LogP contribution in [0.5, 0.6) is 0 Å². The molecular formula is C9H9ClN4O2. The molecule has 0 spiro atoms. The summed E-state index contributed by atoms with van der Waals surface area (Å²) in [7, 11) is 0. The first-order chi connectivity index (χ1) is 7.63. The van der Waals surface area contributed by atoms with Crippen LogP contribution in [0.4, 0.5) is 5.82 Å². The van der Waals surface area contributed by atoms with Crippen LogP contribution in [0.3, 0.4) is 0 Å². The standard InChI is InChI=1S/C9H9ClN4O2/c1-6-2-8(13-16-6)12-9(15)5-14-4-7(10)3-11-14/h2-4H,5H2,1H3,(H,12,13,15). The summed E-state index contributed by atoms with van der Waals surface area (Å²) in [4.78, 5) is 11.5. The first kappa shape index (κ1) is 10.7. The van der Waals surface area contributed by atoms with Crippen molar-refractivity contribution in [2.45, 2.75) is 13.5 Å². The first-order valence-corrected chi connectivity index (χ1v) is 4.92. The molecule has 1 amide bonds. The molecule has 7 heteroatoms. The van der Waals surface area contributed by atoms with Crippen LogP contribution in [0.15, 0.2) is 23.0 Å². The summed E-state index contributed by atoms with van der Waals surface area (Å²) in [6.07, 6.45) is 3.03. The van der Waals surface area contributed by atoms with Gasteiger partial charge in [-0.15, -0.1) is 0 Å². The van der Waals surface area contributed by atoms with Crippen molar-refractivity contribution in [3.63, 3.8) is 0 Å². The van der Waals surface area contributed by atoms with E-state index in [1.54, 1.807) is 19.2 Å². The van der Waals surface area contributed by atoms with Crippen molar-refractivity contribution in [2.24, 2.45) is 0 Å². The number of aromatic nitrogens is 3. The quantitative estimate of drug-likeness (QED) is 0.882. The second-order valence-corrected chi connectivity index (χ2v) is 3.66. The molecule has 84 valence electrons. The Balaban J connectivity index is 1.94. The van der Waals surface area contributed by atoms with Crippen molar-refractivity contribution in [1.82, 2.24) is 14.9 Å². The predicted octanol–water partition coefficient (Wildman–Crippen LogP) is 1.47. The number of anilines is 1. The Hall–Kier alpha value is -1.82. The summed E-state index contributed by atoms with van der Waals surface area (Å²) in [5.74, 6) is 0.784. The number of hydrogen-bond acceptors (Lipinski definition) is 4. The third-order valence-corrected chi connectivity index (χ3v) is 2.00. The molecule has 0 aromatic carbocycles. The largest absolute Gasteiger partial charge is 0.360 e. The van der Waals surface area contributed by atoms with E-state index in [2.05, 4.69) is 15.6 Å². The third-order valence-electron chi connectivity index (χ3n) is 1.80. The van der Waals surface area contributed by atoms with Crippen molar-refractivity contribution in [1.29, 1.82) is 0 Å². The van der Waals surface area contributed by atoms with E-state index in [9.17, 15) is 4.79 Å². The van der Waals surface area contributed by atoms with E-state index in [4.69, 9.17) is 16.1 Å². The van der Waals surface area contributed by atoms with Crippen molar-refractivity contribution >= 4 is 23.3 Å². The number of amides is 1. The third kappa shape index (κ3) is 2.60. The average molecular weight is 241 g/mol. The van der Waals surface area contributed by atoms with Crippen molar-refractivity contribution < 1.29 is 9.32 Å². The van der Waals surface area contributed by atoms with Gasteiger partial charge in [0.1, 0.15) is 12.3 Å². The average Bonchev–Trinajstić information content (AvgIpc) is 2.76. The smallest absolute Gasteiger partial charge is 0.247 e. The predicted molar refractivity (Wildman–Crippen MR) is 57.1 cm³/mol. The summed E-state index contributed by atoms with van der Waals surface area (Å²) in [6, 6.07) is 1.63. The van der Waals surface area contributed by atoms with Crippen molar-refractivity contribution in [3.05, 3.63) is 29.2 Å². The Morgan fingerprint density at radius 3 is 3.06 bits per heavy atom. The number of nitrogens with one attached hydrogen (secondary N) is 1. The maximum absolute atomic E-state index is 11.5. The van der Waals surface area contributed by atoms with Gasteiger partial charge in [0.15, 0.2) is 5.82 Å². The topological polar surface area (TPSA) is 73.0 Å². The monoisotopic (exact) mass is 240 g/mol. The van der Waals surface area contributed by atoms with E-state index in [0.717, 1.165) is 0 Å². The molecule has 0 aliphatic rings. The van der Waals surface area contributed by atoms with Gasteiger partial charge in [-0.05, 0) is 6.92 Å². The number of carbonyl (C=O) groups is 1. The molecule has 1 N–H and O–H groups in total. The Kier molecular flexibility index (Phi) is 2.91. The molecule has 0 saturated carbocycles. The highest BCUT2D eigenvalue weighted by Crippen LogP contribution is 2.08. The number of hydrogen-bond donors (Lipinski definition) is 1. The fourth-order valence-electron chi connectivity index (χ4n) is 1.18. The first-order valence-electron chi connectivity index (χ1n) is 4.54. The van der Waals surface area contributed by atoms with E-state index in [-0.39, 0.29) is 12.5 Å². The molecule has 0 saturated heterocycles. The molecule has 0 fully saturated rings. The number of halogens is 1. The summed E-state index contributed by atoms with van der Waals surface area (Å²) in [5, 5.41) is 10.6. The maximum atomic E-state index is 11.5. The van der Waals surface area contributed by atoms with Gasteiger partial charge in [0.05, 0.1) is 11.2 Å².